The van der Waals surface area contributed by atoms with Gasteiger partial charge in [0.2, 0.25) is 17.7 Å². The summed E-state index contributed by atoms with van der Waals surface area (Å²) in [7, 11) is 0. The van der Waals surface area contributed by atoms with Gasteiger partial charge in [-0.1, -0.05) is 20.8 Å². The summed E-state index contributed by atoms with van der Waals surface area (Å²) >= 11 is 0.963. The Kier molecular flexibility index (Phi) is 7.98. The Hall–Kier alpha value is -2.75. The van der Waals surface area contributed by atoms with Gasteiger partial charge in [-0.2, -0.15) is 0 Å². The van der Waals surface area contributed by atoms with E-state index < -0.39 is 23.3 Å². The predicted molar refractivity (Wildman–Crippen MR) is 135 cm³/mol. The topological polar surface area (TPSA) is 119 Å². The molecule has 0 aromatic carbocycles. The fourth-order valence-corrected chi connectivity index (χ4v) is 6.31. The Morgan fingerprint density at radius 2 is 1.83 bits per heavy atom. The number of amides is 3. The number of thiophene rings is 1. The fraction of sp³-hybridized carbons (Fsp3) is 0.654. The molecule has 2 unspecified atom stereocenters. The van der Waals surface area contributed by atoms with Crippen LogP contribution in [0.5, 0.6) is 0 Å². The fourth-order valence-electron chi connectivity index (χ4n) is 5.21. The van der Waals surface area contributed by atoms with Gasteiger partial charge in [-0.15, -0.1) is 11.3 Å². The number of nitrogens with one attached hydrogen (secondary N) is 1. The SMILES string of the molecule is CCOC(=O)c1c(NC(=O)CCCN2C(=O)C3CCC(C)(C2=O)C3(C)C)sc(C(=O)OC(C)C)c1C. The molecule has 3 rings (SSSR count). The van der Waals surface area contributed by atoms with Crippen molar-refractivity contribution in [3.63, 3.8) is 0 Å². The maximum absolute atomic E-state index is 13.2. The second kappa shape index (κ2) is 10.3. The van der Waals surface area contributed by atoms with E-state index >= 15 is 0 Å². The lowest BCUT2D eigenvalue weighted by atomic mass is 9.62. The second-order valence-electron chi connectivity index (χ2n) is 10.5. The Bertz CT molecular complexity index is 1090. The summed E-state index contributed by atoms with van der Waals surface area (Å²) in [5.41, 5.74) is -0.462. The summed E-state index contributed by atoms with van der Waals surface area (Å²) in [5.74, 6) is -2.13. The number of imide groups is 1. The maximum Gasteiger partial charge on any atom is 0.348 e. The average molecular weight is 521 g/mol. The van der Waals surface area contributed by atoms with Crippen molar-refractivity contribution in [1.82, 2.24) is 4.90 Å². The molecule has 1 aromatic heterocycles. The number of hydrogen-bond donors (Lipinski definition) is 1. The minimum absolute atomic E-state index is 0.0345. The highest BCUT2D eigenvalue weighted by Crippen LogP contribution is 2.60. The number of hydrogen-bond acceptors (Lipinski definition) is 8. The molecule has 1 aromatic rings. The van der Waals surface area contributed by atoms with Crippen molar-refractivity contribution in [3.8, 4) is 0 Å². The first-order chi connectivity index (χ1) is 16.8. The van der Waals surface area contributed by atoms with Gasteiger partial charge >= 0.3 is 11.9 Å². The molecule has 0 radical (unpaired) electrons. The van der Waals surface area contributed by atoms with E-state index in [1.807, 2.05) is 20.8 Å². The molecule has 2 aliphatic rings. The zero-order valence-electron chi connectivity index (χ0n) is 22.1. The molecule has 2 atom stereocenters. The van der Waals surface area contributed by atoms with Gasteiger partial charge in [0, 0.05) is 18.9 Å². The van der Waals surface area contributed by atoms with Gasteiger partial charge in [0.1, 0.15) is 9.88 Å². The lowest BCUT2D eigenvalue weighted by Gasteiger charge is -2.47. The normalized spacial score (nSPS) is 22.7. The van der Waals surface area contributed by atoms with E-state index in [0.717, 1.165) is 11.3 Å². The molecule has 1 saturated carbocycles. The van der Waals surface area contributed by atoms with E-state index in [0.29, 0.717) is 18.4 Å². The molecule has 36 heavy (non-hydrogen) atoms. The number of fused-ring (bicyclic) bond motifs is 2. The first-order valence-corrected chi connectivity index (χ1v) is 13.2. The lowest BCUT2D eigenvalue weighted by molar-refractivity contribution is -0.168. The number of carbonyl (C=O) groups excluding carboxylic acids is 5. The summed E-state index contributed by atoms with van der Waals surface area (Å²) in [6, 6.07) is 0. The summed E-state index contributed by atoms with van der Waals surface area (Å²) in [4.78, 5) is 65.5. The molecular formula is C26H36N2O7S. The molecule has 1 aliphatic carbocycles. The molecule has 1 saturated heterocycles. The third kappa shape index (κ3) is 4.79. The van der Waals surface area contributed by atoms with Gasteiger partial charge < -0.3 is 14.8 Å². The van der Waals surface area contributed by atoms with Gasteiger partial charge in [-0.25, -0.2) is 9.59 Å². The van der Waals surface area contributed by atoms with Crippen molar-refractivity contribution < 1.29 is 33.4 Å². The van der Waals surface area contributed by atoms with Crippen LogP contribution in [0, 0.1) is 23.7 Å². The highest BCUT2D eigenvalue weighted by molar-refractivity contribution is 7.18. The van der Waals surface area contributed by atoms with Gasteiger partial charge in [0.15, 0.2) is 0 Å². The van der Waals surface area contributed by atoms with E-state index in [1.165, 1.54) is 4.90 Å². The summed E-state index contributed by atoms with van der Waals surface area (Å²) < 4.78 is 10.4. The molecule has 1 aliphatic heterocycles. The van der Waals surface area contributed by atoms with Crippen molar-refractivity contribution in [2.45, 2.75) is 80.3 Å². The predicted octanol–water partition coefficient (Wildman–Crippen LogP) is 4.33. The Balaban J connectivity index is 1.69. The van der Waals surface area contributed by atoms with Crippen LogP contribution in [0.4, 0.5) is 5.00 Å². The van der Waals surface area contributed by atoms with Crippen LogP contribution in [0.3, 0.4) is 0 Å². The van der Waals surface area contributed by atoms with Crippen LogP contribution < -0.4 is 5.32 Å². The lowest BCUT2D eigenvalue weighted by Crippen LogP contribution is -2.59. The monoisotopic (exact) mass is 520 g/mol. The second-order valence-corrected chi connectivity index (χ2v) is 11.5. The molecule has 9 nitrogen and oxygen atoms in total. The van der Waals surface area contributed by atoms with Gasteiger partial charge in [-0.3, -0.25) is 19.3 Å². The van der Waals surface area contributed by atoms with Crippen LogP contribution in [0.2, 0.25) is 0 Å². The number of esters is 2. The number of likely N-dealkylation sites (tertiary alicyclic amines) is 1. The number of ether oxygens (including phenoxy) is 2. The number of nitrogens with zero attached hydrogens (tertiary/aromatic N) is 1. The Labute approximate surface area is 215 Å². The number of anilines is 1. The third-order valence-electron chi connectivity index (χ3n) is 7.70. The molecule has 3 amide bonds. The maximum atomic E-state index is 13.2. The molecule has 0 spiro atoms. The number of carbonyl (C=O) groups is 5. The highest BCUT2D eigenvalue weighted by atomic mass is 32.1. The standard InChI is InChI=1S/C26H36N2O7S/c1-8-34-22(31)18-15(4)19(23(32)35-14(2)3)36-20(18)27-17(29)10-9-13-28-21(30)16-11-12-26(7,24(28)33)25(16,5)6/h14,16H,8-13H2,1-7H3,(H,27,29). The van der Waals surface area contributed by atoms with Gasteiger partial charge in [-0.05, 0) is 57.9 Å². The molecule has 10 heteroatoms. The Morgan fingerprint density at radius 3 is 2.44 bits per heavy atom. The van der Waals surface area contributed by atoms with Crippen molar-refractivity contribution in [3.05, 3.63) is 16.0 Å². The van der Waals surface area contributed by atoms with Crippen molar-refractivity contribution in [2.24, 2.45) is 16.7 Å². The molecule has 1 N–H and O–H groups in total. The average Bonchev–Trinajstić information content (AvgIpc) is 3.19. The van der Waals surface area contributed by atoms with E-state index in [1.54, 1.807) is 27.7 Å². The van der Waals surface area contributed by atoms with E-state index in [-0.39, 0.29) is 70.7 Å². The van der Waals surface area contributed by atoms with E-state index in [2.05, 4.69) is 5.32 Å². The first kappa shape index (κ1) is 27.8. The molecule has 198 valence electrons. The quantitative estimate of drug-likeness (QED) is 0.380. The number of rotatable bonds is 9. The summed E-state index contributed by atoms with van der Waals surface area (Å²) in [5, 5.41) is 2.92. The largest absolute Gasteiger partial charge is 0.462 e. The van der Waals surface area contributed by atoms with Crippen molar-refractivity contribution in [2.75, 3.05) is 18.5 Å². The summed E-state index contributed by atoms with van der Waals surface area (Å²) in [6.07, 6.45) is 1.36. The van der Waals surface area contributed by atoms with Crippen LogP contribution in [-0.4, -0.2) is 53.8 Å². The summed E-state index contributed by atoms with van der Waals surface area (Å²) in [6.45, 7) is 12.9. The molecule has 2 heterocycles. The van der Waals surface area contributed by atoms with Crippen LogP contribution in [0.15, 0.2) is 0 Å². The molecule has 2 fully saturated rings. The molecular weight excluding hydrogens is 484 g/mol. The van der Waals surface area contributed by atoms with Gasteiger partial charge in [0.25, 0.3) is 0 Å². The van der Waals surface area contributed by atoms with E-state index in [4.69, 9.17) is 9.47 Å². The zero-order valence-corrected chi connectivity index (χ0v) is 22.9. The smallest absolute Gasteiger partial charge is 0.348 e. The van der Waals surface area contributed by atoms with Crippen LogP contribution in [0.25, 0.3) is 0 Å². The highest BCUT2D eigenvalue weighted by Gasteiger charge is 2.64. The molecule has 2 bridgehead atoms. The zero-order chi connectivity index (χ0) is 27.0. The Morgan fingerprint density at radius 1 is 1.17 bits per heavy atom. The first-order valence-electron chi connectivity index (χ1n) is 12.4. The third-order valence-corrected chi connectivity index (χ3v) is 8.89. The van der Waals surface area contributed by atoms with Crippen LogP contribution in [-0.2, 0) is 23.9 Å². The van der Waals surface area contributed by atoms with Crippen LogP contribution >= 0.6 is 11.3 Å². The minimum atomic E-state index is -0.638. The van der Waals surface area contributed by atoms with Crippen LogP contribution in [0.1, 0.15) is 92.8 Å². The number of piperidine rings is 1. The van der Waals surface area contributed by atoms with Gasteiger partial charge in [0.05, 0.1) is 23.7 Å². The minimum Gasteiger partial charge on any atom is -0.462 e. The van der Waals surface area contributed by atoms with Crippen molar-refractivity contribution in [1.29, 1.82) is 0 Å². The van der Waals surface area contributed by atoms with E-state index in [9.17, 15) is 24.0 Å². The van der Waals surface area contributed by atoms with Crippen molar-refractivity contribution >= 4 is 46.0 Å².